The Kier molecular flexibility index (Phi) is 4.66. The number of rotatable bonds is 5. The summed E-state index contributed by atoms with van der Waals surface area (Å²) in [6.07, 6.45) is 0.394. The molecule has 0 amide bonds. The predicted molar refractivity (Wildman–Crippen MR) is 86.7 cm³/mol. The van der Waals surface area contributed by atoms with Crippen LogP contribution >= 0.6 is 0 Å². The fourth-order valence-corrected chi connectivity index (χ4v) is 2.31. The number of hydrogen-bond donors (Lipinski definition) is 0. The van der Waals surface area contributed by atoms with Crippen LogP contribution in [-0.2, 0) is 0 Å². The van der Waals surface area contributed by atoms with E-state index in [2.05, 4.69) is 38.1 Å². The largest absolute Gasteiger partial charge is 0.493 e. The Balaban J connectivity index is 2.13. The van der Waals surface area contributed by atoms with Crippen molar-refractivity contribution in [3.05, 3.63) is 53.6 Å². The molecule has 0 bridgehead atoms. The molecule has 0 radical (unpaired) electrons. The highest BCUT2D eigenvalue weighted by Crippen LogP contribution is 2.29. The van der Waals surface area contributed by atoms with Crippen molar-refractivity contribution in [3.8, 4) is 16.9 Å². The van der Waals surface area contributed by atoms with E-state index in [1.54, 1.807) is 13.8 Å². The first-order valence-electron chi connectivity index (χ1n) is 7.35. The van der Waals surface area contributed by atoms with Gasteiger partial charge >= 0.3 is 0 Å². The smallest absolute Gasteiger partial charge is 0.119 e. The first-order chi connectivity index (χ1) is 9.87. The van der Waals surface area contributed by atoms with Crippen LogP contribution in [0.25, 0.3) is 11.1 Å². The molecule has 2 aromatic carbocycles. The van der Waals surface area contributed by atoms with Gasteiger partial charge in [0.15, 0.2) is 0 Å². The van der Waals surface area contributed by atoms with E-state index in [9.17, 15) is 4.39 Å². The van der Waals surface area contributed by atoms with Crippen LogP contribution in [-0.4, -0.2) is 12.3 Å². The van der Waals surface area contributed by atoms with E-state index >= 15 is 0 Å². The number of hydrogen-bond acceptors (Lipinski definition) is 1. The maximum absolute atomic E-state index is 13.4. The minimum atomic E-state index is -1.18. The van der Waals surface area contributed by atoms with Gasteiger partial charge in [0.05, 0.1) is 6.61 Å². The molecule has 2 heteroatoms. The van der Waals surface area contributed by atoms with Gasteiger partial charge in [0.1, 0.15) is 11.4 Å². The van der Waals surface area contributed by atoms with Crippen molar-refractivity contribution in [1.82, 2.24) is 0 Å². The van der Waals surface area contributed by atoms with E-state index in [0.29, 0.717) is 13.0 Å². The minimum absolute atomic E-state index is 0.394. The molecule has 0 atom stereocenters. The molecule has 0 heterocycles. The molecule has 0 fully saturated rings. The lowest BCUT2D eigenvalue weighted by Gasteiger charge is -2.15. The Bertz CT molecular complexity index is 611. The van der Waals surface area contributed by atoms with Gasteiger partial charge in [-0.2, -0.15) is 0 Å². The maximum atomic E-state index is 13.4. The molecule has 0 saturated heterocycles. The number of halogens is 1. The third-order valence-electron chi connectivity index (χ3n) is 3.60. The van der Waals surface area contributed by atoms with E-state index in [0.717, 1.165) is 5.75 Å². The third-order valence-corrected chi connectivity index (χ3v) is 3.60. The SMILES string of the molecule is Cc1ccccc1-c1ccc(OCCC(C)(C)F)cc1C. The Morgan fingerprint density at radius 2 is 1.62 bits per heavy atom. The van der Waals surface area contributed by atoms with Crippen molar-refractivity contribution in [1.29, 1.82) is 0 Å². The highest BCUT2D eigenvalue weighted by Gasteiger charge is 2.15. The number of ether oxygens (including phenoxy) is 1. The molecule has 21 heavy (non-hydrogen) atoms. The van der Waals surface area contributed by atoms with Crippen LogP contribution in [0.4, 0.5) is 4.39 Å². The Morgan fingerprint density at radius 1 is 0.952 bits per heavy atom. The van der Waals surface area contributed by atoms with E-state index in [1.807, 2.05) is 18.2 Å². The molecule has 1 nitrogen and oxygen atoms in total. The summed E-state index contributed by atoms with van der Waals surface area (Å²) in [5, 5.41) is 0. The molecule has 0 spiro atoms. The average molecular weight is 286 g/mol. The van der Waals surface area contributed by atoms with E-state index in [1.165, 1.54) is 22.3 Å². The average Bonchev–Trinajstić information content (AvgIpc) is 2.39. The fraction of sp³-hybridized carbons (Fsp3) is 0.368. The van der Waals surface area contributed by atoms with Crippen LogP contribution < -0.4 is 4.74 Å². The zero-order valence-electron chi connectivity index (χ0n) is 13.2. The molecule has 0 aromatic heterocycles. The summed E-state index contributed by atoms with van der Waals surface area (Å²) in [5.74, 6) is 0.800. The van der Waals surface area contributed by atoms with Gasteiger partial charge in [-0.15, -0.1) is 0 Å². The maximum Gasteiger partial charge on any atom is 0.119 e. The summed E-state index contributed by atoms with van der Waals surface area (Å²) in [6.45, 7) is 7.73. The van der Waals surface area contributed by atoms with Gasteiger partial charge in [0, 0.05) is 6.42 Å². The van der Waals surface area contributed by atoms with E-state index < -0.39 is 5.67 Å². The molecule has 0 aliphatic rings. The van der Waals surface area contributed by atoms with E-state index in [4.69, 9.17) is 4.74 Å². The monoisotopic (exact) mass is 286 g/mol. The standard InChI is InChI=1S/C19H23FO/c1-14-7-5-6-8-17(14)18-10-9-16(13-15(18)2)21-12-11-19(3,4)20/h5-10,13H,11-12H2,1-4H3. The zero-order valence-corrected chi connectivity index (χ0v) is 13.2. The van der Waals surface area contributed by atoms with Gasteiger partial charge < -0.3 is 4.74 Å². The van der Waals surface area contributed by atoms with Crippen LogP contribution in [0.5, 0.6) is 5.75 Å². The van der Waals surface area contributed by atoms with E-state index in [-0.39, 0.29) is 0 Å². The molecular weight excluding hydrogens is 263 g/mol. The summed E-state index contributed by atoms with van der Waals surface area (Å²) in [5.41, 5.74) is 3.70. The topological polar surface area (TPSA) is 9.23 Å². The highest BCUT2D eigenvalue weighted by molar-refractivity contribution is 5.71. The Morgan fingerprint density at radius 3 is 2.24 bits per heavy atom. The van der Waals surface area contributed by atoms with Gasteiger partial charge in [0.2, 0.25) is 0 Å². The second kappa shape index (κ2) is 6.30. The molecule has 0 unspecified atom stereocenters. The predicted octanol–water partition coefficient (Wildman–Crippen LogP) is 5.49. The molecule has 0 aliphatic heterocycles. The van der Waals surface area contributed by atoms with Crippen LogP contribution in [0.1, 0.15) is 31.4 Å². The second-order valence-corrected chi connectivity index (χ2v) is 6.11. The number of alkyl halides is 1. The Hall–Kier alpha value is -1.83. The van der Waals surface area contributed by atoms with Gasteiger partial charge in [-0.05, 0) is 62.1 Å². The first-order valence-corrected chi connectivity index (χ1v) is 7.35. The highest BCUT2D eigenvalue weighted by atomic mass is 19.1. The molecule has 0 N–H and O–H groups in total. The summed E-state index contributed by atoms with van der Waals surface area (Å²) in [4.78, 5) is 0. The quantitative estimate of drug-likeness (QED) is 0.706. The second-order valence-electron chi connectivity index (χ2n) is 6.11. The van der Waals surface area contributed by atoms with Crippen molar-refractivity contribution in [2.24, 2.45) is 0 Å². The molecule has 0 saturated carbocycles. The lowest BCUT2D eigenvalue weighted by Crippen LogP contribution is -2.16. The summed E-state index contributed by atoms with van der Waals surface area (Å²) in [7, 11) is 0. The fourth-order valence-electron chi connectivity index (χ4n) is 2.31. The van der Waals surface area contributed by atoms with Crippen LogP contribution in [0.3, 0.4) is 0 Å². The molecule has 112 valence electrons. The summed E-state index contributed by atoms with van der Waals surface area (Å²) >= 11 is 0. The van der Waals surface area contributed by atoms with Crippen molar-refractivity contribution in [2.75, 3.05) is 6.61 Å². The van der Waals surface area contributed by atoms with Gasteiger partial charge in [-0.3, -0.25) is 0 Å². The van der Waals surface area contributed by atoms with Crippen molar-refractivity contribution < 1.29 is 9.13 Å². The van der Waals surface area contributed by atoms with Gasteiger partial charge in [-0.25, -0.2) is 4.39 Å². The van der Waals surface area contributed by atoms with Crippen molar-refractivity contribution in [3.63, 3.8) is 0 Å². The molecular formula is C19H23FO. The zero-order chi connectivity index (χ0) is 15.5. The van der Waals surface area contributed by atoms with Gasteiger partial charge in [0.25, 0.3) is 0 Å². The molecule has 0 aliphatic carbocycles. The lowest BCUT2D eigenvalue weighted by molar-refractivity contribution is 0.161. The molecule has 2 rings (SSSR count). The number of benzene rings is 2. The Labute approximate surface area is 126 Å². The third kappa shape index (κ3) is 4.32. The van der Waals surface area contributed by atoms with Crippen LogP contribution in [0.15, 0.2) is 42.5 Å². The number of aryl methyl sites for hydroxylation is 2. The van der Waals surface area contributed by atoms with Crippen LogP contribution in [0, 0.1) is 13.8 Å². The molecule has 2 aromatic rings. The van der Waals surface area contributed by atoms with Gasteiger partial charge in [-0.1, -0.05) is 30.3 Å². The lowest BCUT2D eigenvalue weighted by atomic mass is 9.96. The summed E-state index contributed by atoms with van der Waals surface area (Å²) in [6, 6.07) is 14.4. The normalized spacial score (nSPS) is 11.5. The first kappa shape index (κ1) is 15.6. The van der Waals surface area contributed by atoms with Crippen molar-refractivity contribution in [2.45, 2.75) is 39.8 Å². The summed E-state index contributed by atoms with van der Waals surface area (Å²) < 4.78 is 19.1. The van der Waals surface area contributed by atoms with Crippen LogP contribution in [0.2, 0.25) is 0 Å². The van der Waals surface area contributed by atoms with Crippen molar-refractivity contribution >= 4 is 0 Å². The minimum Gasteiger partial charge on any atom is -0.493 e.